The Hall–Kier alpha value is -1.45. The topological polar surface area (TPSA) is 65.5 Å². The molecule has 0 aliphatic carbocycles. The second-order valence-corrected chi connectivity index (χ2v) is 3.42. The van der Waals surface area contributed by atoms with Crippen molar-refractivity contribution in [3.8, 4) is 0 Å². The summed E-state index contributed by atoms with van der Waals surface area (Å²) >= 11 is 3.28. The third-order valence-corrected chi connectivity index (χ3v) is 2.48. The number of rotatable bonds is 0. The molecule has 13 heavy (non-hydrogen) atoms. The van der Waals surface area contributed by atoms with Crippen LogP contribution in [0, 0.1) is 0 Å². The van der Waals surface area contributed by atoms with Gasteiger partial charge < -0.3 is 10.8 Å². The molecule has 1 N–H and O–H groups in total. The molecule has 1 aliphatic heterocycles. The van der Waals surface area contributed by atoms with Gasteiger partial charge in [0, 0.05) is 4.47 Å². The van der Waals surface area contributed by atoms with Crippen LogP contribution in [0.1, 0.15) is 5.56 Å². The molecule has 1 aliphatic rings. The molecule has 0 aromatic heterocycles. The van der Waals surface area contributed by atoms with Crippen molar-refractivity contribution in [1.29, 1.82) is 0 Å². The second kappa shape index (κ2) is 2.80. The van der Waals surface area contributed by atoms with Crippen LogP contribution in [0.25, 0.3) is 5.53 Å². The summed E-state index contributed by atoms with van der Waals surface area (Å²) in [7, 11) is 0. The van der Waals surface area contributed by atoms with Gasteiger partial charge in [-0.3, -0.25) is 4.79 Å². The maximum Gasteiger partial charge on any atom is 0.388 e. The maximum atomic E-state index is 11.2. The number of benzene rings is 1. The zero-order chi connectivity index (χ0) is 9.42. The fourth-order valence-corrected chi connectivity index (χ4v) is 1.71. The van der Waals surface area contributed by atoms with Crippen molar-refractivity contribution in [1.82, 2.24) is 0 Å². The van der Waals surface area contributed by atoms with Crippen LogP contribution in [0.15, 0.2) is 22.7 Å². The third-order valence-electron chi connectivity index (χ3n) is 1.82. The lowest BCUT2D eigenvalue weighted by atomic mass is 10.1. The largest absolute Gasteiger partial charge is 0.388 e. The first-order valence-electron chi connectivity index (χ1n) is 3.56. The van der Waals surface area contributed by atoms with E-state index >= 15 is 0 Å². The molecule has 1 aromatic rings. The second-order valence-electron chi connectivity index (χ2n) is 2.57. The molecular weight excluding hydrogens is 234 g/mol. The fraction of sp³-hybridized carbons (Fsp3) is 0. The van der Waals surface area contributed by atoms with Crippen LogP contribution < -0.4 is 5.32 Å². The van der Waals surface area contributed by atoms with Crippen molar-refractivity contribution in [2.45, 2.75) is 0 Å². The third kappa shape index (κ3) is 1.09. The summed E-state index contributed by atoms with van der Waals surface area (Å²) < 4.78 is 0.775. The molecule has 2 rings (SSSR count). The van der Waals surface area contributed by atoms with Gasteiger partial charge in [-0.1, -0.05) is 6.07 Å². The summed E-state index contributed by atoms with van der Waals surface area (Å²) in [4.78, 5) is 14.1. The number of carbonyl (C=O) groups excluding carboxylic acids is 1. The number of nitrogens with zero attached hydrogens (tertiary/aromatic N) is 2. The molecule has 0 bridgehead atoms. The van der Waals surface area contributed by atoms with Crippen LogP contribution in [-0.2, 0) is 4.79 Å². The quantitative estimate of drug-likeness (QED) is 0.539. The molecule has 4 nitrogen and oxygen atoms in total. The molecule has 1 aromatic carbocycles. The highest BCUT2D eigenvalue weighted by atomic mass is 79.9. The number of carbonyl (C=O) groups is 1. The van der Waals surface area contributed by atoms with Crippen LogP contribution in [0.2, 0.25) is 0 Å². The maximum absolute atomic E-state index is 11.2. The zero-order valence-electron chi connectivity index (χ0n) is 6.41. The lowest BCUT2D eigenvalue weighted by molar-refractivity contribution is -0.114. The van der Waals surface area contributed by atoms with E-state index in [0.29, 0.717) is 11.3 Å². The first-order chi connectivity index (χ1) is 6.24. The van der Waals surface area contributed by atoms with Crippen LogP contribution in [0.3, 0.4) is 0 Å². The number of anilines is 1. The molecule has 5 heteroatoms. The van der Waals surface area contributed by atoms with E-state index in [1.54, 1.807) is 18.2 Å². The normalized spacial score (nSPS) is 13.6. The van der Waals surface area contributed by atoms with Crippen LogP contribution >= 0.6 is 15.9 Å². The minimum absolute atomic E-state index is 0.0521. The molecule has 0 saturated carbocycles. The molecule has 64 valence electrons. The monoisotopic (exact) mass is 237 g/mol. The van der Waals surface area contributed by atoms with Crippen molar-refractivity contribution in [2.24, 2.45) is 0 Å². The Kier molecular flexibility index (Phi) is 1.76. The first kappa shape index (κ1) is 8.16. The van der Waals surface area contributed by atoms with E-state index in [1.165, 1.54) is 0 Å². The van der Waals surface area contributed by atoms with Gasteiger partial charge >= 0.3 is 11.6 Å². The molecule has 1 heterocycles. The summed E-state index contributed by atoms with van der Waals surface area (Å²) in [6.07, 6.45) is 0. The molecule has 0 fully saturated rings. The van der Waals surface area contributed by atoms with Crippen LogP contribution in [0.4, 0.5) is 5.69 Å². The smallest absolute Gasteiger partial charge is 0.361 e. The number of nitrogens with one attached hydrogen (secondary N) is 1. The van der Waals surface area contributed by atoms with Crippen molar-refractivity contribution >= 4 is 33.2 Å². The average Bonchev–Trinajstić information content (AvgIpc) is 2.43. The minimum Gasteiger partial charge on any atom is -0.361 e. The van der Waals surface area contributed by atoms with E-state index in [9.17, 15) is 4.79 Å². The van der Waals surface area contributed by atoms with E-state index in [4.69, 9.17) is 5.53 Å². The average molecular weight is 238 g/mol. The van der Waals surface area contributed by atoms with E-state index < -0.39 is 0 Å². The summed E-state index contributed by atoms with van der Waals surface area (Å²) in [6.45, 7) is 0. The predicted octanol–water partition coefficient (Wildman–Crippen LogP) is 1.42. The highest BCUT2D eigenvalue weighted by Gasteiger charge is 2.34. The van der Waals surface area contributed by atoms with E-state index in [1.807, 2.05) is 0 Å². The zero-order valence-corrected chi connectivity index (χ0v) is 8.00. The number of para-hydroxylation sites is 1. The van der Waals surface area contributed by atoms with Crippen molar-refractivity contribution < 1.29 is 9.58 Å². The molecule has 1 amide bonds. The van der Waals surface area contributed by atoms with Crippen molar-refractivity contribution in [3.05, 3.63) is 33.8 Å². The SMILES string of the molecule is [N-]=[N+]=C1C(=O)Nc2c(Br)cccc21. The van der Waals surface area contributed by atoms with Gasteiger partial charge in [0.15, 0.2) is 0 Å². The van der Waals surface area contributed by atoms with Gasteiger partial charge in [-0.2, -0.15) is 4.79 Å². The Balaban J connectivity index is 2.74. The van der Waals surface area contributed by atoms with Crippen LogP contribution in [0.5, 0.6) is 0 Å². The Labute approximate surface area is 82.3 Å². The lowest BCUT2D eigenvalue weighted by Gasteiger charge is -1.96. The molecule has 0 saturated heterocycles. The van der Waals surface area contributed by atoms with Crippen molar-refractivity contribution in [3.63, 3.8) is 0 Å². The van der Waals surface area contributed by atoms with Gasteiger partial charge in [-0.05, 0) is 28.1 Å². The van der Waals surface area contributed by atoms with Gasteiger partial charge in [0.25, 0.3) is 0 Å². The summed E-state index contributed by atoms with van der Waals surface area (Å²) in [5, 5.41) is 2.59. The van der Waals surface area contributed by atoms with E-state index in [-0.39, 0.29) is 11.6 Å². The van der Waals surface area contributed by atoms with E-state index in [0.717, 1.165) is 4.47 Å². The molecule has 0 spiro atoms. The van der Waals surface area contributed by atoms with Gasteiger partial charge in [-0.25, -0.2) is 0 Å². The Bertz CT molecular complexity index is 449. The number of amides is 1. The highest BCUT2D eigenvalue weighted by molar-refractivity contribution is 9.10. The number of hydrogen-bond donors (Lipinski definition) is 1. The fourth-order valence-electron chi connectivity index (χ4n) is 1.24. The van der Waals surface area contributed by atoms with Gasteiger partial charge in [0.1, 0.15) is 0 Å². The summed E-state index contributed by atoms with van der Waals surface area (Å²) in [5.74, 6) is -0.385. The van der Waals surface area contributed by atoms with Gasteiger partial charge in [0.05, 0.1) is 11.3 Å². The number of hydrogen-bond acceptors (Lipinski definition) is 1. The molecule has 0 radical (unpaired) electrons. The lowest BCUT2D eigenvalue weighted by Crippen LogP contribution is -2.14. The van der Waals surface area contributed by atoms with Gasteiger partial charge in [0.2, 0.25) is 0 Å². The standard InChI is InChI=1S/C8H4BrN3O/c9-5-3-1-2-4-6(5)11-8(13)7(4)12-10/h1-3H,(H,11,13). The van der Waals surface area contributed by atoms with Gasteiger partial charge in [-0.15, -0.1) is 0 Å². The first-order valence-corrected chi connectivity index (χ1v) is 4.35. The molecule has 0 atom stereocenters. The Morgan fingerprint density at radius 2 is 2.23 bits per heavy atom. The van der Waals surface area contributed by atoms with E-state index in [2.05, 4.69) is 26.0 Å². The highest BCUT2D eigenvalue weighted by Crippen LogP contribution is 2.30. The minimum atomic E-state index is -0.385. The predicted molar refractivity (Wildman–Crippen MR) is 50.5 cm³/mol. The molecular formula is C8H4BrN3O. The number of fused-ring (bicyclic) bond motifs is 1. The Morgan fingerprint density at radius 1 is 1.46 bits per heavy atom. The summed E-state index contributed by atoms with van der Waals surface area (Å²) in [5.41, 5.74) is 9.90. The van der Waals surface area contributed by atoms with Crippen molar-refractivity contribution in [2.75, 3.05) is 5.32 Å². The molecule has 0 unspecified atom stereocenters. The summed E-state index contributed by atoms with van der Waals surface area (Å²) in [6, 6.07) is 5.29. The number of halogens is 1. The Morgan fingerprint density at radius 3 is 2.92 bits per heavy atom. The van der Waals surface area contributed by atoms with Crippen LogP contribution in [-0.4, -0.2) is 16.4 Å².